The molecule has 1 aliphatic rings. The zero-order valence-corrected chi connectivity index (χ0v) is 22.9. The maximum atomic E-state index is 13.2. The van der Waals surface area contributed by atoms with E-state index in [1.165, 1.54) is 0 Å². The van der Waals surface area contributed by atoms with E-state index in [2.05, 4.69) is 21.2 Å². The highest BCUT2D eigenvalue weighted by Crippen LogP contribution is 2.34. The van der Waals surface area contributed by atoms with Crippen LogP contribution in [0.2, 0.25) is 0 Å². The van der Waals surface area contributed by atoms with Gasteiger partial charge in [-0.2, -0.15) is 0 Å². The van der Waals surface area contributed by atoms with Crippen LogP contribution >= 0.6 is 22.7 Å². The molecular formula is C29H29N5O2S2. The molecule has 0 spiro atoms. The molecule has 6 rings (SSSR count). The van der Waals surface area contributed by atoms with Crippen molar-refractivity contribution in [3.05, 3.63) is 71.6 Å². The van der Waals surface area contributed by atoms with E-state index in [1.807, 2.05) is 66.9 Å². The first-order valence-electron chi connectivity index (χ1n) is 12.9. The fourth-order valence-electron chi connectivity index (χ4n) is 4.82. The van der Waals surface area contributed by atoms with Crippen LogP contribution < -0.4 is 15.0 Å². The zero-order valence-electron chi connectivity index (χ0n) is 21.2. The van der Waals surface area contributed by atoms with Crippen molar-refractivity contribution in [3.8, 4) is 16.3 Å². The van der Waals surface area contributed by atoms with Gasteiger partial charge in [-0.05, 0) is 42.6 Å². The molecule has 7 nitrogen and oxygen atoms in total. The summed E-state index contributed by atoms with van der Waals surface area (Å²) < 4.78 is 6.92. The third-order valence-electron chi connectivity index (χ3n) is 6.76. The Hall–Kier alpha value is -3.53. The number of hydrogen-bond donors (Lipinski definition) is 1. The average molecular weight is 544 g/mol. The number of aromatic nitrogens is 2. The van der Waals surface area contributed by atoms with Gasteiger partial charge < -0.3 is 15.0 Å². The lowest BCUT2D eigenvalue weighted by Crippen LogP contribution is -2.48. The summed E-state index contributed by atoms with van der Waals surface area (Å²) in [5.74, 6) is 0.797. The van der Waals surface area contributed by atoms with Gasteiger partial charge in [-0.25, -0.2) is 9.97 Å². The van der Waals surface area contributed by atoms with Crippen molar-refractivity contribution in [1.29, 1.82) is 0 Å². The lowest BCUT2D eigenvalue weighted by Gasteiger charge is -2.34. The van der Waals surface area contributed by atoms with Crippen molar-refractivity contribution in [2.24, 2.45) is 0 Å². The zero-order chi connectivity index (χ0) is 25.9. The Balaban J connectivity index is 1.07. The molecule has 0 radical (unpaired) electrons. The molecule has 194 valence electrons. The first-order valence-corrected chi connectivity index (χ1v) is 14.6. The fraction of sp³-hybridized carbons (Fsp3) is 0.276. The smallest absolute Gasteiger partial charge is 0.252 e. The van der Waals surface area contributed by atoms with Crippen LogP contribution in [-0.2, 0) is 0 Å². The Morgan fingerprint density at radius 1 is 1.03 bits per heavy atom. The molecule has 1 saturated heterocycles. The van der Waals surface area contributed by atoms with Crippen molar-refractivity contribution >= 4 is 54.8 Å². The minimum Gasteiger partial charge on any atom is -0.492 e. The van der Waals surface area contributed by atoms with Crippen molar-refractivity contribution < 1.29 is 9.53 Å². The number of fused-ring (bicyclic) bond motifs is 2. The molecule has 9 heteroatoms. The standard InChI is InChI=1S/C29H29N5O2S2/c1-2-36-24-9-5-10-26-27(24)32-29(38-26)34-16-14-33(15-17-34)13-12-30-28(35)21-19-23(25-11-6-18-37-25)31-22-8-4-3-7-20(21)22/h3-11,18-19H,2,12-17H2,1H3,(H,30,35). The van der Waals surface area contributed by atoms with E-state index in [-0.39, 0.29) is 5.91 Å². The molecule has 0 saturated carbocycles. The van der Waals surface area contributed by atoms with E-state index in [1.54, 1.807) is 22.7 Å². The van der Waals surface area contributed by atoms with Gasteiger partial charge in [0.05, 0.1) is 33.0 Å². The summed E-state index contributed by atoms with van der Waals surface area (Å²) in [7, 11) is 0. The molecule has 0 unspecified atom stereocenters. The van der Waals surface area contributed by atoms with Crippen LogP contribution in [0.15, 0.2) is 66.0 Å². The van der Waals surface area contributed by atoms with Gasteiger partial charge in [0.2, 0.25) is 0 Å². The number of pyridine rings is 1. The number of benzene rings is 2. The van der Waals surface area contributed by atoms with Gasteiger partial charge in [-0.3, -0.25) is 9.69 Å². The number of anilines is 1. The highest BCUT2D eigenvalue weighted by atomic mass is 32.1. The minimum absolute atomic E-state index is 0.0559. The summed E-state index contributed by atoms with van der Waals surface area (Å²) >= 11 is 3.35. The highest BCUT2D eigenvalue weighted by Gasteiger charge is 2.21. The van der Waals surface area contributed by atoms with Crippen molar-refractivity contribution in [1.82, 2.24) is 20.2 Å². The largest absolute Gasteiger partial charge is 0.492 e. The van der Waals surface area contributed by atoms with Crippen LogP contribution in [0.3, 0.4) is 0 Å². The number of piperazine rings is 1. The van der Waals surface area contributed by atoms with E-state index in [9.17, 15) is 4.79 Å². The van der Waals surface area contributed by atoms with Crippen molar-refractivity contribution in [2.75, 3.05) is 50.8 Å². The number of thiophene rings is 1. The lowest BCUT2D eigenvalue weighted by molar-refractivity contribution is 0.0949. The quantitative estimate of drug-likeness (QED) is 0.278. The van der Waals surface area contributed by atoms with Crippen LogP contribution in [0.4, 0.5) is 5.13 Å². The number of amides is 1. The maximum Gasteiger partial charge on any atom is 0.252 e. The number of nitrogens with zero attached hydrogens (tertiary/aromatic N) is 4. The van der Waals surface area contributed by atoms with Crippen LogP contribution in [-0.4, -0.2) is 66.7 Å². The number of thiazole rings is 1. The second-order valence-electron chi connectivity index (χ2n) is 9.17. The predicted molar refractivity (Wildman–Crippen MR) is 157 cm³/mol. The summed E-state index contributed by atoms with van der Waals surface area (Å²) in [6.45, 7) is 7.74. The normalized spacial score (nSPS) is 14.3. The summed E-state index contributed by atoms with van der Waals surface area (Å²) in [4.78, 5) is 28.7. The predicted octanol–water partition coefficient (Wildman–Crippen LogP) is 5.52. The molecule has 38 heavy (non-hydrogen) atoms. The summed E-state index contributed by atoms with van der Waals surface area (Å²) in [5, 5.41) is 7.10. The molecule has 0 aliphatic carbocycles. The third kappa shape index (κ3) is 5.09. The number of ether oxygens (including phenoxy) is 1. The Labute approximate surface area is 229 Å². The molecule has 1 amide bonds. The molecule has 1 fully saturated rings. The van der Waals surface area contributed by atoms with Crippen LogP contribution in [0.1, 0.15) is 17.3 Å². The van der Waals surface area contributed by atoms with Gasteiger partial charge in [0, 0.05) is 44.7 Å². The Morgan fingerprint density at radius 2 is 1.89 bits per heavy atom. The Morgan fingerprint density at radius 3 is 2.71 bits per heavy atom. The van der Waals surface area contributed by atoms with Gasteiger partial charge in [0.15, 0.2) is 5.13 Å². The SMILES string of the molecule is CCOc1cccc2sc(N3CCN(CCNC(=O)c4cc(-c5cccs5)nc5ccccc45)CC3)nc12. The summed E-state index contributed by atoms with van der Waals surface area (Å²) in [5.41, 5.74) is 3.29. The molecule has 0 bridgehead atoms. The van der Waals surface area contributed by atoms with Crippen LogP contribution in [0, 0.1) is 0 Å². The van der Waals surface area contributed by atoms with E-state index in [4.69, 9.17) is 14.7 Å². The maximum absolute atomic E-state index is 13.2. The summed E-state index contributed by atoms with van der Waals surface area (Å²) in [6.07, 6.45) is 0. The van der Waals surface area contributed by atoms with Gasteiger partial charge in [0.25, 0.3) is 5.91 Å². The third-order valence-corrected chi connectivity index (χ3v) is 8.74. The molecule has 2 aromatic carbocycles. The number of carbonyl (C=O) groups excluding carboxylic acids is 1. The Kier molecular flexibility index (Phi) is 7.22. The van der Waals surface area contributed by atoms with E-state index >= 15 is 0 Å². The second kappa shape index (κ2) is 11.1. The Bertz CT molecular complexity index is 1560. The number of hydrogen-bond acceptors (Lipinski definition) is 8. The van der Waals surface area contributed by atoms with E-state index in [0.29, 0.717) is 18.7 Å². The number of carbonyl (C=O) groups is 1. The van der Waals surface area contributed by atoms with Crippen LogP contribution in [0.5, 0.6) is 5.75 Å². The average Bonchev–Trinajstić information content (AvgIpc) is 3.64. The molecule has 5 aromatic rings. The monoisotopic (exact) mass is 543 g/mol. The molecule has 1 aliphatic heterocycles. The summed E-state index contributed by atoms with van der Waals surface area (Å²) in [6, 6.07) is 19.9. The number of nitrogens with one attached hydrogen (secondary N) is 1. The first kappa shape index (κ1) is 24.8. The van der Waals surface area contributed by atoms with Gasteiger partial charge in [-0.1, -0.05) is 41.7 Å². The molecular weight excluding hydrogens is 514 g/mol. The minimum atomic E-state index is -0.0559. The van der Waals surface area contributed by atoms with E-state index < -0.39 is 0 Å². The number of para-hydroxylation sites is 2. The fourth-order valence-corrected chi connectivity index (χ4v) is 6.54. The second-order valence-corrected chi connectivity index (χ2v) is 11.1. The lowest BCUT2D eigenvalue weighted by atomic mass is 10.1. The molecule has 1 N–H and O–H groups in total. The van der Waals surface area contributed by atoms with E-state index in [0.717, 1.165) is 75.3 Å². The molecule has 0 atom stereocenters. The highest BCUT2D eigenvalue weighted by molar-refractivity contribution is 7.22. The first-order chi connectivity index (χ1) is 18.7. The van der Waals surface area contributed by atoms with Crippen molar-refractivity contribution in [3.63, 3.8) is 0 Å². The van der Waals surface area contributed by atoms with Gasteiger partial charge in [-0.15, -0.1) is 11.3 Å². The molecule has 3 aromatic heterocycles. The number of rotatable bonds is 8. The van der Waals surface area contributed by atoms with Gasteiger partial charge in [0.1, 0.15) is 11.3 Å². The molecule has 4 heterocycles. The van der Waals surface area contributed by atoms with Crippen molar-refractivity contribution in [2.45, 2.75) is 6.92 Å². The topological polar surface area (TPSA) is 70.6 Å². The van der Waals surface area contributed by atoms with Crippen LogP contribution in [0.25, 0.3) is 31.7 Å². The van der Waals surface area contributed by atoms with Gasteiger partial charge >= 0.3 is 0 Å².